The summed E-state index contributed by atoms with van der Waals surface area (Å²) in [5.41, 5.74) is -0.593. The van der Waals surface area contributed by atoms with E-state index in [0.29, 0.717) is 0 Å². The first-order valence-electron chi connectivity index (χ1n) is 4.45. The Morgan fingerprint density at radius 1 is 1.29 bits per heavy atom. The summed E-state index contributed by atoms with van der Waals surface area (Å²) < 4.78 is 5.00. The summed E-state index contributed by atoms with van der Waals surface area (Å²) >= 11 is 0. The highest BCUT2D eigenvalue weighted by molar-refractivity contribution is 5.71. The van der Waals surface area contributed by atoms with Gasteiger partial charge in [0.2, 0.25) is 0 Å². The predicted molar refractivity (Wildman–Crippen MR) is 50.4 cm³/mol. The molecule has 0 heterocycles. The van der Waals surface area contributed by atoms with Gasteiger partial charge in [0.25, 0.3) is 0 Å². The fourth-order valence-electron chi connectivity index (χ4n) is 0.699. The van der Waals surface area contributed by atoms with Gasteiger partial charge in [0.15, 0.2) is 0 Å². The van der Waals surface area contributed by atoms with Crippen molar-refractivity contribution in [1.29, 1.82) is 0 Å². The number of ether oxygens (including phenoxy) is 1. The lowest BCUT2D eigenvalue weighted by atomic mass is 10.2. The summed E-state index contributed by atoms with van der Waals surface area (Å²) in [6, 6.07) is 0. The van der Waals surface area contributed by atoms with Crippen molar-refractivity contribution in [2.75, 3.05) is 6.54 Å². The highest BCUT2D eigenvalue weighted by atomic mass is 16.8. The van der Waals surface area contributed by atoms with E-state index in [9.17, 15) is 9.59 Å². The fourth-order valence-corrected chi connectivity index (χ4v) is 0.699. The van der Waals surface area contributed by atoms with Crippen LogP contribution >= 0.6 is 0 Å². The van der Waals surface area contributed by atoms with Crippen LogP contribution in [-0.4, -0.2) is 29.3 Å². The van der Waals surface area contributed by atoms with Crippen LogP contribution in [0.1, 0.15) is 34.6 Å². The summed E-state index contributed by atoms with van der Waals surface area (Å²) in [5.74, 6) is -0.544. The van der Waals surface area contributed by atoms with Gasteiger partial charge in [-0.1, -0.05) is 0 Å². The minimum atomic E-state index is -0.657. The lowest BCUT2D eigenvalue weighted by molar-refractivity contribution is -0.180. The molecular weight excluding hydrogens is 186 g/mol. The van der Waals surface area contributed by atoms with Crippen LogP contribution in [-0.2, 0) is 14.4 Å². The van der Waals surface area contributed by atoms with Gasteiger partial charge in [-0.2, -0.15) is 0 Å². The molecule has 0 aromatic rings. The number of nitrogens with zero attached hydrogens (tertiary/aromatic N) is 1. The summed E-state index contributed by atoms with van der Waals surface area (Å²) in [5, 5.41) is 0.883. The number of hydroxylamine groups is 2. The molecule has 0 rings (SSSR count). The molecule has 0 aliphatic heterocycles. The van der Waals surface area contributed by atoms with Crippen molar-refractivity contribution < 1.29 is 19.2 Å². The molecule has 5 heteroatoms. The fraction of sp³-hybridized carbons (Fsp3) is 0.778. The molecule has 0 aromatic carbocycles. The van der Waals surface area contributed by atoms with Crippen LogP contribution in [0.25, 0.3) is 0 Å². The van der Waals surface area contributed by atoms with Gasteiger partial charge >= 0.3 is 12.1 Å². The molecule has 1 amide bonds. The molecule has 0 aliphatic carbocycles. The van der Waals surface area contributed by atoms with Crippen molar-refractivity contribution in [2.45, 2.75) is 40.2 Å². The SMILES string of the molecule is CCN(OC(C)=O)C(=O)OC(C)(C)C. The van der Waals surface area contributed by atoms with Crippen molar-refractivity contribution in [3.63, 3.8) is 0 Å². The summed E-state index contributed by atoms with van der Waals surface area (Å²) in [6.07, 6.45) is -0.657. The van der Waals surface area contributed by atoms with Gasteiger partial charge < -0.3 is 9.57 Å². The Balaban J connectivity index is 4.25. The Morgan fingerprint density at radius 2 is 1.79 bits per heavy atom. The van der Waals surface area contributed by atoms with Crippen molar-refractivity contribution >= 4 is 12.1 Å². The largest absolute Gasteiger partial charge is 0.443 e. The molecule has 0 saturated carbocycles. The Labute approximate surface area is 83.9 Å². The zero-order valence-corrected chi connectivity index (χ0v) is 9.29. The lowest BCUT2D eigenvalue weighted by Gasteiger charge is -2.24. The van der Waals surface area contributed by atoms with Gasteiger partial charge in [0.1, 0.15) is 5.60 Å². The van der Waals surface area contributed by atoms with Crippen LogP contribution in [0.2, 0.25) is 0 Å². The molecule has 0 bridgehead atoms. The zero-order valence-electron chi connectivity index (χ0n) is 9.29. The quantitative estimate of drug-likeness (QED) is 0.609. The molecule has 0 N–H and O–H groups in total. The topological polar surface area (TPSA) is 55.8 Å². The van der Waals surface area contributed by atoms with E-state index in [1.54, 1.807) is 27.7 Å². The van der Waals surface area contributed by atoms with Crippen LogP contribution in [0.3, 0.4) is 0 Å². The second-order valence-electron chi connectivity index (χ2n) is 3.76. The number of hydrogen-bond donors (Lipinski definition) is 0. The smallest absolute Gasteiger partial charge is 0.442 e. The number of amides is 1. The van der Waals surface area contributed by atoms with Crippen molar-refractivity contribution in [3.05, 3.63) is 0 Å². The van der Waals surface area contributed by atoms with Gasteiger partial charge in [0, 0.05) is 6.92 Å². The van der Waals surface area contributed by atoms with Crippen LogP contribution in [0.4, 0.5) is 4.79 Å². The third kappa shape index (κ3) is 5.40. The lowest BCUT2D eigenvalue weighted by Crippen LogP contribution is -2.37. The molecule has 0 aliphatic rings. The molecule has 0 radical (unpaired) electrons. The van der Waals surface area contributed by atoms with E-state index >= 15 is 0 Å². The first-order valence-corrected chi connectivity index (χ1v) is 4.45. The normalized spacial score (nSPS) is 10.6. The minimum absolute atomic E-state index is 0.258. The first-order chi connectivity index (χ1) is 6.26. The molecule has 0 spiro atoms. The number of carbonyl (C=O) groups excluding carboxylic acids is 2. The maximum absolute atomic E-state index is 11.4. The summed E-state index contributed by atoms with van der Waals surface area (Å²) in [6.45, 7) is 8.40. The standard InChI is InChI=1S/C9H17NO4/c1-6-10(14-7(2)11)8(12)13-9(3,4)5/h6H2,1-5H3. The maximum atomic E-state index is 11.4. The second kappa shape index (κ2) is 4.83. The van der Waals surface area contributed by atoms with Gasteiger partial charge in [-0.3, -0.25) is 4.79 Å². The van der Waals surface area contributed by atoms with E-state index in [-0.39, 0.29) is 6.54 Å². The molecule has 0 unspecified atom stereocenters. The van der Waals surface area contributed by atoms with E-state index in [4.69, 9.17) is 4.74 Å². The minimum Gasteiger partial charge on any atom is -0.442 e. The molecule has 14 heavy (non-hydrogen) atoms. The Hall–Kier alpha value is -1.26. The van der Waals surface area contributed by atoms with E-state index in [0.717, 1.165) is 5.06 Å². The van der Waals surface area contributed by atoms with Gasteiger partial charge in [-0.15, -0.1) is 5.06 Å². The van der Waals surface area contributed by atoms with Crippen LogP contribution < -0.4 is 0 Å². The van der Waals surface area contributed by atoms with Gasteiger partial charge in [-0.05, 0) is 27.7 Å². The predicted octanol–water partition coefficient (Wildman–Crippen LogP) is 1.72. The number of rotatable bonds is 1. The molecule has 0 saturated heterocycles. The van der Waals surface area contributed by atoms with Crippen LogP contribution in [0, 0.1) is 0 Å². The summed E-state index contributed by atoms with van der Waals surface area (Å²) in [4.78, 5) is 26.6. The van der Waals surface area contributed by atoms with Gasteiger partial charge in [0.05, 0.1) is 6.54 Å². The number of carbonyl (C=O) groups is 2. The van der Waals surface area contributed by atoms with Crippen molar-refractivity contribution in [1.82, 2.24) is 5.06 Å². The highest BCUT2D eigenvalue weighted by Crippen LogP contribution is 2.09. The third-order valence-electron chi connectivity index (χ3n) is 1.12. The number of hydrogen-bond acceptors (Lipinski definition) is 4. The van der Waals surface area contributed by atoms with E-state index in [1.165, 1.54) is 6.92 Å². The monoisotopic (exact) mass is 203 g/mol. The van der Waals surface area contributed by atoms with Crippen molar-refractivity contribution in [3.8, 4) is 0 Å². The van der Waals surface area contributed by atoms with E-state index in [2.05, 4.69) is 4.84 Å². The van der Waals surface area contributed by atoms with Gasteiger partial charge in [-0.25, -0.2) is 4.79 Å². The van der Waals surface area contributed by atoms with E-state index in [1.807, 2.05) is 0 Å². The van der Waals surface area contributed by atoms with Crippen molar-refractivity contribution in [2.24, 2.45) is 0 Å². The third-order valence-corrected chi connectivity index (χ3v) is 1.12. The molecule has 82 valence electrons. The summed E-state index contributed by atoms with van der Waals surface area (Å²) in [7, 11) is 0. The second-order valence-corrected chi connectivity index (χ2v) is 3.76. The van der Waals surface area contributed by atoms with Crippen LogP contribution in [0.5, 0.6) is 0 Å². The molecule has 0 fully saturated rings. The average molecular weight is 203 g/mol. The maximum Gasteiger partial charge on any atom is 0.443 e. The van der Waals surface area contributed by atoms with E-state index < -0.39 is 17.7 Å². The Morgan fingerprint density at radius 3 is 2.07 bits per heavy atom. The molecule has 0 atom stereocenters. The molecule has 5 nitrogen and oxygen atoms in total. The van der Waals surface area contributed by atoms with Crippen LogP contribution in [0.15, 0.2) is 0 Å². The molecular formula is C9H17NO4. The Bertz CT molecular complexity index is 219. The zero-order chi connectivity index (χ0) is 11.4. The molecule has 0 aromatic heterocycles. The average Bonchev–Trinajstić information content (AvgIpc) is 1.96. The highest BCUT2D eigenvalue weighted by Gasteiger charge is 2.22. The first kappa shape index (κ1) is 12.7. The Kier molecular flexibility index (Phi) is 4.40.